The molecule has 114 valence electrons. The highest BCUT2D eigenvalue weighted by molar-refractivity contribution is 5.84. The van der Waals surface area contributed by atoms with Crippen molar-refractivity contribution in [1.29, 1.82) is 0 Å². The summed E-state index contributed by atoms with van der Waals surface area (Å²) in [6.45, 7) is 0.711. The molecule has 1 heterocycles. The maximum atomic E-state index is 13.3. The Morgan fingerprint density at radius 3 is 2.86 bits per heavy atom. The molecule has 0 spiro atoms. The Balaban J connectivity index is 1.75. The number of carbonyl (C=O) groups excluding carboxylic acids is 1. The summed E-state index contributed by atoms with van der Waals surface area (Å²) in [5, 5.41) is 9.02. The maximum Gasteiger partial charge on any atom is 0.326 e. The molecule has 0 aliphatic carbocycles. The number of halogens is 1. The summed E-state index contributed by atoms with van der Waals surface area (Å²) in [6, 6.07) is 5.38. The third-order valence-corrected chi connectivity index (χ3v) is 3.49. The van der Waals surface area contributed by atoms with Gasteiger partial charge in [0.1, 0.15) is 6.04 Å². The standard InChI is InChI=1S/C15H18FNO4/c16-11-5-1-2-7-13(11)21-10-4-8-14(18)17-9-3-6-12(17)15(19)20/h1-2,5,7,12H,3-4,6,8-10H2,(H,19,20)/t12-/m0/s1. The van der Waals surface area contributed by atoms with Crippen LogP contribution in [0.2, 0.25) is 0 Å². The number of amides is 1. The molecule has 1 aliphatic heterocycles. The Labute approximate surface area is 122 Å². The average Bonchev–Trinajstić information content (AvgIpc) is 2.95. The fourth-order valence-corrected chi connectivity index (χ4v) is 2.43. The van der Waals surface area contributed by atoms with E-state index < -0.39 is 17.8 Å². The number of benzene rings is 1. The van der Waals surface area contributed by atoms with Crippen molar-refractivity contribution in [2.45, 2.75) is 31.7 Å². The minimum absolute atomic E-state index is 0.162. The van der Waals surface area contributed by atoms with E-state index in [9.17, 15) is 14.0 Å². The van der Waals surface area contributed by atoms with Crippen LogP contribution in [0.4, 0.5) is 4.39 Å². The van der Waals surface area contributed by atoms with Gasteiger partial charge in [0.15, 0.2) is 11.6 Å². The smallest absolute Gasteiger partial charge is 0.326 e. The van der Waals surface area contributed by atoms with E-state index in [0.29, 0.717) is 25.8 Å². The third kappa shape index (κ3) is 3.93. The molecule has 1 N–H and O–H groups in total. The van der Waals surface area contributed by atoms with Crippen LogP contribution in [0.25, 0.3) is 0 Å². The quantitative estimate of drug-likeness (QED) is 0.816. The monoisotopic (exact) mass is 295 g/mol. The Bertz CT molecular complexity index is 520. The van der Waals surface area contributed by atoms with Crippen LogP contribution in [0.3, 0.4) is 0 Å². The van der Waals surface area contributed by atoms with E-state index in [2.05, 4.69) is 0 Å². The van der Waals surface area contributed by atoms with E-state index in [1.807, 2.05) is 0 Å². The van der Waals surface area contributed by atoms with Crippen LogP contribution in [0.1, 0.15) is 25.7 Å². The molecule has 6 heteroatoms. The van der Waals surface area contributed by atoms with E-state index >= 15 is 0 Å². The Morgan fingerprint density at radius 1 is 1.38 bits per heavy atom. The Hall–Kier alpha value is -2.11. The van der Waals surface area contributed by atoms with E-state index in [1.165, 1.54) is 17.0 Å². The van der Waals surface area contributed by atoms with E-state index in [0.717, 1.165) is 0 Å². The highest BCUT2D eigenvalue weighted by Crippen LogP contribution is 2.19. The van der Waals surface area contributed by atoms with Gasteiger partial charge in [-0.2, -0.15) is 0 Å². The van der Waals surface area contributed by atoms with Crippen LogP contribution in [0.15, 0.2) is 24.3 Å². The second-order valence-corrected chi connectivity index (χ2v) is 4.97. The average molecular weight is 295 g/mol. The first-order chi connectivity index (χ1) is 10.1. The molecule has 1 atom stereocenters. The summed E-state index contributed by atoms with van der Waals surface area (Å²) in [6.07, 6.45) is 1.86. The van der Waals surface area contributed by atoms with Crippen LogP contribution in [0.5, 0.6) is 5.75 Å². The van der Waals surface area contributed by atoms with Crippen molar-refractivity contribution in [3.63, 3.8) is 0 Å². The summed E-state index contributed by atoms with van der Waals surface area (Å²) in [4.78, 5) is 24.4. The van der Waals surface area contributed by atoms with Crippen molar-refractivity contribution in [3.05, 3.63) is 30.1 Å². The van der Waals surface area contributed by atoms with E-state index in [4.69, 9.17) is 9.84 Å². The normalized spacial score (nSPS) is 17.8. The van der Waals surface area contributed by atoms with Crippen molar-refractivity contribution < 1.29 is 23.8 Å². The molecule has 1 saturated heterocycles. The summed E-state index contributed by atoms with van der Waals surface area (Å²) in [5.41, 5.74) is 0. The van der Waals surface area contributed by atoms with Gasteiger partial charge in [-0.25, -0.2) is 9.18 Å². The summed E-state index contributed by atoms with van der Waals surface area (Å²) >= 11 is 0. The molecule has 1 fully saturated rings. The van der Waals surface area contributed by atoms with E-state index in [1.54, 1.807) is 12.1 Å². The number of likely N-dealkylation sites (tertiary alicyclic amines) is 1. The zero-order valence-electron chi connectivity index (χ0n) is 11.6. The van der Waals surface area contributed by atoms with Crippen LogP contribution < -0.4 is 4.74 Å². The highest BCUT2D eigenvalue weighted by Gasteiger charge is 2.33. The van der Waals surface area contributed by atoms with Gasteiger partial charge >= 0.3 is 5.97 Å². The molecule has 21 heavy (non-hydrogen) atoms. The molecule has 5 nitrogen and oxygen atoms in total. The number of ether oxygens (including phenoxy) is 1. The van der Waals surface area contributed by atoms with Gasteiger partial charge in [0.05, 0.1) is 6.61 Å². The first-order valence-electron chi connectivity index (χ1n) is 6.99. The maximum absolute atomic E-state index is 13.3. The molecule has 0 radical (unpaired) electrons. The van der Waals surface area contributed by atoms with Crippen molar-refractivity contribution in [3.8, 4) is 5.75 Å². The number of hydrogen-bond donors (Lipinski definition) is 1. The first kappa shape index (κ1) is 15.3. The molecule has 0 bridgehead atoms. The van der Waals surface area contributed by atoms with E-state index in [-0.39, 0.29) is 24.7 Å². The molecule has 1 aromatic rings. The Kier molecular flexibility index (Phi) is 5.14. The lowest BCUT2D eigenvalue weighted by Crippen LogP contribution is -2.40. The fraction of sp³-hybridized carbons (Fsp3) is 0.467. The molecule has 0 aromatic heterocycles. The predicted molar refractivity (Wildman–Crippen MR) is 73.5 cm³/mol. The number of rotatable bonds is 6. The van der Waals surface area contributed by atoms with Crippen LogP contribution >= 0.6 is 0 Å². The van der Waals surface area contributed by atoms with Gasteiger partial charge in [0.2, 0.25) is 5.91 Å². The largest absolute Gasteiger partial charge is 0.491 e. The van der Waals surface area contributed by atoms with Crippen molar-refractivity contribution in [2.75, 3.05) is 13.2 Å². The predicted octanol–water partition coefficient (Wildman–Crippen LogP) is 2.06. The topological polar surface area (TPSA) is 66.8 Å². The van der Waals surface area contributed by atoms with Gasteiger partial charge in [0, 0.05) is 13.0 Å². The first-order valence-corrected chi connectivity index (χ1v) is 6.99. The van der Waals surface area contributed by atoms with Gasteiger partial charge in [0.25, 0.3) is 0 Å². The second-order valence-electron chi connectivity index (χ2n) is 4.97. The van der Waals surface area contributed by atoms with Crippen LogP contribution in [-0.4, -0.2) is 41.1 Å². The number of hydrogen-bond acceptors (Lipinski definition) is 3. The van der Waals surface area contributed by atoms with Gasteiger partial charge in [-0.1, -0.05) is 12.1 Å². The summed E-state index contributed by atoms with van der Waals surface area (Å²) < 4.78 is 18.6. The van der Waals surface area contributed by atoms with Crippen LogP contribution in [-0.2, 0) is 9.59 Å². The number of para-hydroxylation sites is 1. The minimum atomic E-state index is -0.955. The van der Waals surface area contributed by atoms with Gasteiger partial charge < -0.3 is 14.7 Å². The lowest BCUT2D eigenvalue weighted by atomic mass is 10.2. The number of carboxylic acid groups (broad SMARTS) is 1. The Morgan fingerprint density at radius 2 is 2.14 bits per heavy atom. The number of nitrogens with zero attached hydrogens (tertiary/aromatic N) is 1. The molecular formula is C15H18FNO4. The van der Waals surface area contributed by atoms with Gasteiger partial charge in [-0.3, -0.25) is 4.79 Å². The number of carbonyl (C=O) groups is 2. The summed E-state index contributed by atoms with van der Waals surface area (Å²) in [5.74, 6) is -1.41. The highest BCUT2D eigenvalue weighted by atomic mass is 19.1. The molecule has 2 rings (SSSR count). The van der Waals surface area contributed by atoms with Gasteiger partial charge in [-0.05, 0) is 31.4 Å². The zero-order valence-corrected chi connectivity index (χ0v) is 11.6. The molecule has 1 amide bonds. The second kappa shape index (κ2) is 7.06. The number of carboxylic acids is 1. The molecule has 1 aromatic carbocycles. The SMILES string of the molecule is O=C(O)[C@@H]1CCCN1C(=O)CCCOc1ccccc1F. The van der Waals surface area contributed by atoms with Gasteiger partial charge in [-0.15, -0.1) is 0 Å². The van der Waals surface area contributed by atoms with Crippen LogP contribution in [0, 0.1) is 5.82 Å². The summed E-state index contributed by atoms with van der Waals surface area (Å²) in [7, 11) is 0. The zero-order chi connectivity index (χ0) is 15.2. The minimum Gasteiger partial charge on any atom is -0.491 e. The fourth-order valence-electron chi connectivity index (χ4n) is 2.43. The molecular weight excluding hydrogens is 277 g/mol. The third-order valence-electron chi connectivity index (χ3n) is 3.49. The number of aliphatic carboxylic acids is 1. The van der Waals surface area contributed by atoms with Crippen molar-refractivity contribution >= 4 is 11.9 Å². The lowest BCUT2D eigenvalue weighted by molar-refractivity contribution is -0.148. The van der Waals surface area contributed by atoms with Crippen molar-refractivity contribution in [2.24, 2.45) is 0 Å². The molecule has 0 saturated carbocycles. The lowest BCUT2D eigenvalue weighted by Gasteiger charge is -2.21. The van der Waals surface area contributed by atoms with Crippen molar-refractivity contribution in [1.82, 2.24) is 4.90 Å². The molecule has 1 aliphatic rings. The molecule has 0 unspecified atom stereocenters.